The van der Waals surface area contributed by atoms with Crippen LogP contribution in [0, 0.1) is 0 Å². The SMILES string of the molecule is CC/C=C\C/C=C\C/C=C\C/C=C\C/C=C\C/C=C\C/C=C\CCCCCCCCCCCCCCCCCCCC(=O)NC(COC1OC(CO)C(O)C(O)C1O)C(O)/C=C/CCCCCCCCCCCCCCCCCCCCCCCCC. The fourth-order valence-electron chi connectivity index (χ4n) is 11.4. The zero-order valence-electron chi connectivity index (χ0n) is 56.5. The normalized spacial score (nSPS) is 18.5. The van der Waals surface area contributed by atoms with Crippen LogP contribution in [0.5, 0.6) is 0 Å². The van der Waals surface area contributed by atoms with E-state index in [2.05, 4.69) is 104 Å². The molecule has 1 heterocycles. The van der Waals surface area contributed by atoms with Crippen molar-refractivity contribution in [3.63, 3.8) is 0 Å². The molecular formula is C78H139NO8. The number of unbranched alkanes of at least 4 members (excludes halogenated alkanes) is 40. The van der Waals surface area contributed by atoms with E-state index < -0.39 is 49.5 Å². The van der Waals surface area contributed by atoms with Gasteiger partial charge in [-0.1, -0.05) is 349 Å². The molecule has 0 aromatic heterocycles. The Balaban J connectivity index is 2.10. The van der Waals surface area contributed by atoms with Crippen LogP contribution >= 0.6 is 0 Å². The van der Waals surface area contributed by atoms with Gasteiger partial charge in [0.2, 0.25) is 5.91 Å². The van der Waals surface area contributed by atoms with E-state index in [0.29, 0.717) is 6.42 Å². The highest BCUT2D eigenvalue weighted by Gasteiger charge is 2.44. The predicted molar refractivity (Wildman–Crippen MR) is 373 cm³/mol. The minimum atomic E-state index is -1.57. The second-order valence-electron chi connectivity index (χ2n) is 25.4. The summed E-state index contributed by atoms with van der Waals surface area (Å²) in [5.74, 6) is -0.174. The van der Waals surface area contributed by atoms with Gasteiger partial charge < -0.3 is 40.3 Å². The van der Waals surface area contributed by atoms with Gasteiger partial charge in [-0.25, -0.2) is 0 Å². The molecule has 0 aliphatic carbocycles. The fourth-order valence-corrected chi connectivity index (χ4v) is 11.4. The lowest BCUT2D eigenvalue weighted by Crippen LogP contribution is -2.60. The van der Waals surface area contributed by atoms with E-state index >= 15 is 0 Å². The van der Waals surface area contributed by atoms with E-state index in [9.17, 15) is 30.3 Å². The van der Waals surface area contributed by atoms with Crippen LogP contribution in [0.15, 0.2) is 97.2 Å². The number of nitrogens with one attached hydrogen (secondary N) is 1. The van der Waals surface area contributed by atoms with Crippen molar-refractivity contribution < 1.29 is 39.8 Å². The van der Waals surface area contributed by atoms with Gasteiger partial charge in [0, 0.05) is 6.42 Å². The van der Waals surface area contributed by atoms with Crippen molar-refractivity contribution in [3.8, 4) is 0 Å². The molecule has 9 nitrogen and oxygen atoms in total. The minimum Gasteiger partial charge on any atom is -0.394 e. The molecule has 7 atom stereocenters. The van der Waals surface area contributed by atoms with Gasteiger partial charge in [-0.3, -0.25) is 4.79 Å². The van der Waals surface area contributed by atoms with E-state index in [1.54, 1.807) is 6.08 Å². The van der Waals surface area contributed by atoms with E-state index in [1.807, 2.05) is 6.08 Å². The summed E-state index contributed by atoms with van der Waals surface area (Å²) in [7, 11) is 0. The zero-order valence-corrected chi connectivity index (χ0v) is 56.5. The third kappa shape index (κ3) is 54.6. The maximum atomic E-state index is 13.1. The molecule has 7 unspecified atom stereocenters. The number of ether oxygens (including phenoxy) is 2. The first kappa shape index (κ1) is 82.1. The molecule has 1 aliphatic heterocycles. The number of hydrogen-bond donors (Lipinski definition) is 6. The first-order chi connectivity index (χ1) is 42.8. The summed E-state index contributed by atoms with van der Waals surface area (Å²) < 4.78 is 11.3. The third-order valence-electron chi connectivity index (χ3n) is 17.2. The molecule has 1 amide bonds. The molecule has 1 saturated heterocycles. The van der Waals surface area contributed by atoms with Gasteiger partial charge in [0.25, 0.3) is 0 Å². The van der Waals surface area contributed by atoms with Crippen molar-refractivity contribution in [2.45, 2.75) is 378 Å². The van der Waals surface area contributed by atoms with Gasteiger partial charge in [-0.2, -0.15) is 0 Å². The van der Waals surface area contributed by atoms with Crippen molar-refractivity contribution >= 4 is 5.91 Å². The minimum absolute atomic E-state index is 0.174. The quantitative estimate of drug-likeness (QED) is 0.0261. The summed E-state index contributed by atoms with van der Waals surface area (Å²) in [6.45, 7) is 3.70. The number of rotatable bonds is 64. The molecule has 504 valence electrons. The van der Waals surface area contributed by atoms with Gasteiger partial charge in [-0.05, 0) is 77.0 Å². The van der Waals surface area contributed by atoms with Gasteiger partial charge in [-0.15, -0.1) is 0 Å². The lowest BCUT2D eigenvalue weighted by Gasteiger charge is -2.40. The zero-order chi connectivity index (χ0) is 62.8. The Labute approximate surface area is 536 Å². The van der Waals surface area contributed by atoms with Gasteiger partial charge in [0.05, 0.1) is 25.4 Å². The summed E-state index contributed by atoms with van der Waals surface area (Å²) in [5.41, 5.74) is 0. The average Bonchev–Trinajstić information content (AvgIpc) is 3.38. The standard InChI is InChI=1S/C78H139NO8/c1-3-5-7-9-11-13-15-17-19-21-23-25-27-29-30-31-32-33-34-35-36-37-38-39-40-41-42-44-46-48-50-52-54-56-58-60-62-64-66-68-74(82)79-71(70-86-78-77(85)76(84)75(83)73(69-80)87-78)72(81)67-65-63-61-59-57-55-53-51-49-47-45-43-28-26-24-22-20-18-16-14-12-10-8-6-4-2/h5,7,11,13,17,19,23,25,29-30,32-33,35-36,65,67,71-73,75-78,80-81,83-85H,3-4,6,8-10,12,14-16,18,20-22,24,26-28,31,34,37-64,66,68-70H2,1-2H3,(H,79,82)/b7-5-,13-11-,19-17-,25-23-,30-29-,33-32-,36-35-,67-65+. The second-order valence-corrected chi connectivity index (χ2v) is 25.4. The van der Waals surface area contributed by atoms with Crippen molar-refractivity contribution in [1.82, 2.24) is 5.32 Å². The van der Waals surface area contributed by atoms with Crippen LogP contribution in [0.25, 0.3) is 0 Å². The van der Waals surface area contributed by atoms with Gasteiger partial charge in [0.1, 0.15) is 24.4 Å². The Hall–Kier alpha value is -2.89. The average molecular weight is 1220 g/mol. The summed E-state index contributed by atoms with van der Waals surface area (Å²) in [6, 6.07) is -0.810. The summed E-state index contributed by atoms with van der Waals surface area (Å²) in [4.78, 5) is 13.1. The second kappa shape index (κ2) is 66.0. The van der Waals surface area contributed by atoms with Crippen LogP contribution in [0.3, 0.4) is 0 Å². The number of hydrogen-bond acceptors (Lipinski definition) is 8. The Morgan fingerprint density at radius 3 is 1.06 bits per heavy atom. The Morgan fingerprint density at radius 2 is 0.713 bits per heavy atom. The Bertz CT molecular complexity index is 1700. The van der Waals surface area contributed by atoms with Gasteiger partial charge >= 0.3 is 0 Å². The molecule has 0 bridgehead atoms. The third-order valence-corrected chi connectivity index (χ3v) is 17.2. The van der Waals surface area contributed by atoms with Crippen molar-refractivity contribution in [2.24, 2.45) is 0 Å². The molecule has 0 radical (unpaired) electrons. The van der Waals surface area contributed by atoms with Crippen LogP contribution in [-0.4, -0.2) is 87.5 Å². The Morgan fingerprint density at radius 1 is 0.402 bits per heavy atom. The topological polar surface area (TPSA) is 149 Å². The largest absolute Gasteiger partial charge is 0.394 e. The molecule has 0 aromatic carbocycles. The van der Waals surface area contributed by atoms with Crippen LogP contribution < -0.4 is 5.32 Å². The maximum Gasteiger partial charge on any atom is 0.220 e. The molecule has 0 aromatic rings. The van der Waals surface area contributed by atoms with E-state index in [1.165, 1.54) is 231 Å². The number of amides is 1. The van der Waals surface area contributed by atoms with Crippen LogP contribution in [0.4, 0.5) is 0 Å². The highest BCUT2D eigenvalue weighted by Crippen LogP contribution is 2.23. The molecule has 87 heavy (non-hydrogen) atoms. The first-order valence-corrected chi connectivity index (χ1v) is 37.0. The van der Waals surface area contributed by atoms with E-state index in [-0.39, 0.29) is 12.5 Å². The maximum absolute atomic E-state index is 13.1. The molecule has 1 rings (SSSR count). The van der Waals surface area contributed by atoms with Gasteiger partial charge in [0.15, 0.2) is 6.29 Å². The predicted octanol–water partition coefficient (Wildman–Crippen LogP) is 20.6. The van der Waals surface area contributed by atoms with E-state index in [0.717, 1.165) is 83.5 Å². The monoisotopic (exact) mass is 1220 g/mol. The molecule has 1 fully saturated rings. The highest BCUT2D eigenvalue weighted by molar-refractivity contribution is 5.76. The molecule has 6 N–H and O–H groups in total. The van der Waals surface area contributed by atoms with Crippen molar-refractivity contribution in [1.29, 1.82) is 0 Å². The lowest BCUT2D eigenvalue weighted by atomic mass is 9.99. The van der Waals surface area contributed by atoms with Crippen molar-refractivity contribution in [3.05, 3.63) is 97.2 Å². The van der Waals surface area contributed by atoms with Crippen LogP contribution in [0.2, 0.25) is 0 Å². The lowest BCUT2D eigenvalue weighted by molar-refractivity contribution is -0.302. The van der Waals surface area contributed by atoms with Crippen molar-refractivity contribution in [2.75, 3.05) is 13.2 Å². The van der Waals surface area contributed by atoms with E-state index in [4.69, 9.17) is 9.47 Å². The Kier molecular flexibility index (Phi) is 62.3. The number of allylic oxidation sites excluding steroid dienone is 15. The highest BCUT2D eigenvalue weighted by atomic mass is 16.7. The number of aliphatic hydroxyl groups excluding tert-OH is 5. The molecule has 0 spiro atoms. The summed E-state index contributed by atoms with van der Waals surface area (Å²) >= 11 is 0. The van der Waals surface area contributed by atoms with Crippen LogP contribution in [-0.2, 0) is 14.3 Å². The number of aliphatic hydroxyl groups is 5. The van der Waals surface area contributed by atoms with Crippen LogP contribution in [0.1, 0.15) is 335 Å². The summed E-state index contributed by atoms with van der Waals surface area (Å²) in [5, 5.41) is 54.8. The first-order valence-electron chi connectivity index (χ1n) is 37.0. The number of carbonyl (C=O) groups is 1. The summed E-state index contributed by atoms with van der Waals surface area (Å²) in [6.07, 6.45) is 89.5. The fraction of sp³-hybridized carbons (Fsp3) is 0.782. The molecular weight excluding hydrogens is 1080 g/mol. The molecule has 1 aliphatic rings. The number of carbonyl (C=O) groups excluding carboxylic acids is 1. The smallest absolute Gasteiger partial charge is 0.220 e. The molecule has 0 saturated carbocycles. The molecule has 9 heteroatoms.